The first-order valence-electron chi connectivity index (χ1n) is 10.7. The monoisotopic (exact) mass is 456 g/mol. The smallest absolute Gasteiger partial charge is 0.262 e. The molecule has 0 fully saturated rings. The van der Waals surface area contributed by atoms with Gasteiger partial charge in [-0.25, -0.2) is 15.0 Å². The number of aryl methyl sites for hydroxylation is 1. The normalized spacial score (nSPS) is 12.0. The van der Waals surface area contributed by atoms with Crippen LogP contribution in [0, 0.1) is 11.3 Å². The van der Waals surface area contributed by atoms with E-state index >= 15 is 0 Å². The summed E-state index contributed by atoms with van der Waals surface area (Å²) in [5.41, 5.74) is 7.58. The molecule has 3 aromatic heterocycles. The number of fused-ring (bicyclic) bond motifs is 1. The van der Waals surface area contributed by atoms with Gasteiger partial charge >= 0.3 is 0 Å². The molecule has 0 aliphatic carbocycles. The number of nitriles is 1. The summed E-state index contributed by atoms with van der Waals surface area (Å²) in [6.07, 6.45) is 2.98. The molecule has 0 spiro atoms. The van der Waals surface area contributed by atoms with Gasteiger partial charge in [-0.2, -0.15) is 5.26 Å². The Labute approximate surface area is 195 Å². The highest BCUT2D eigenvalue weighted by atomic mass is 16.1. The molecule has 0 amide bonds. The molecule has 1 aromatic carbocycles. The topological polar surface area (TPSA) is 145 Å². The minimum Gasteiger partial charge on any atom is -0.382 e. The van der Waals surface area contributed by atoms with Crippen molar-refractivity contribution < 1.29 is 0 Å². The SMILES string of the molecule is CC(Nc1ncnc(N)c1C#N)c1nc2cccc(-c3ccc(=O)n(C)c3)c2c(=O)n1C(C)C. The van der Waals surface area contributed by atoms with E-state index in [2.05, 4.69) is 15.3 Å². The number of anilines is 2. The maximum absolute atomic E-state index is 13.8. The number of nitrogens with one attached hydrogen (secondary N) is 1. The van der Waals surface area contributed by atoms with E-state index in [-0.39, 0.29) is 34.4 Å². The van der Waals surface area contributed by atoms with E-state index in [1.807, 2.05) is 39.0 Å². The summed E-state index contributed by atoms with van der Waals surface area (Å²) in [6, 6.07) is 9.99. The minimum absolute atomic E-state index is 0.0711. The maximum Gasteiger partial charge on any atom is 0.262 e. The summed E-state index contributed by atoms with van der Waals surface area (Å²) in [7, 11) is 1.67. The van der Waals surface area contributed by atoms with Crippen molar-refractivity contribution in [3.8, 4) is 17.2 Å². The number of benzene rings is 1. The Balaban J connectivity index is 1.91. The van der Waals surface area contributed by atoms with Gasteiger partial charge in [0.25, 0.3) is 5.56 Å². The summed E-state index contributed by atoms with van der Waals surface area (Å²) >= 11 is 0. The average Bonchev–Trinajstić information content (AvgIpc) is 2.80. The first-order chi connectivity index (χ1) is 16.2. The summed E-state index contributed by atoms with van der Waals surface area (Å²) < 4.78 is 3.10. The van der Waals surface area contributed by atoms with E-state index in [0.717, 1.165) is 5.56 Å². The molecular formula is C24H24N8O2. The minimum atomic E-state index is -0.470. The number of pyridine rings is 1. The number of nitrogen functional groups attached to an aromatic ring is 1. The summed E-state index contributed by atoms with van der Waals surface area (Å²) in [4.78, 5) is 38.5. The Morgan fingerprint density at radius 1 is 1.12 bits per heavy atom. The molecule has 0 aliphatic heterocycles. The van der Waals surface area contributed by atoms with Crippen LogP contribution < -0.4 is 22.2 Å². The zero-order chi connectivity index (χ0) is 24.6. The van der Waals surface area contributed by atoms with Crippen LogP contribution in [0.2, 0.25) is 0 Å². The highest BCUT2D eigenvalue weighted by Gasteiger charge is 2.22. The average molecular weight is 457 g/mol. The number of rotatable bonds is 5. The number of hydrogen-bond acceptors (Lipinski definition) is 8. The quantitative estimate of drug-likeness (QED) is 0.466. The van der Waals surface area contributed by atoms with Gasteiger partial charge in [-0.3, -0.25) is 14.2 Å². The molecule has 10 heteroatoms. The van der Waals surface area contributed by atoms with E-state index in [9.17, 15) is 14.9 Å². The molecule has 0 radical (unpaired) electrons. The van der Waals surface area contributed by atoms with Gasteiger partial charge in [-0.1, -0.05) is 12.1 Å². The van der Waals surface area contributed by atoms with Crippen LogP contribution in [0.3, 0.4) is 0 Å². The predicted octanol–water partition coefficient (Wildman–Crippen LogP) is 2.76. The lowest BCUT2D eigenvalue weighted by Crippen LogP contribution is -2.30. The summed E-state index contributed by atoms with van der Waals surface area (Å²) in [6.45, 7) is 5.65. The van der Waals surface area contributed by atoms with Crippen LogP contribution in [0.1, 0.15) is 44.2 Å². The third kappa shape index (κ3) is 3.88. The van der Waals surface area contributed by atoms with Crippen molar-refractivity contribution in [1.29, 1.82) is 5.26 Å². The zero-order valence-corrected chi connectivity index (χ0v) is 19.3. The van der Waals surface area contributed by atoms with Gasteiger partial charge < -0.3 is 15.6 Å². The van der Waals surface area contributed by atoms with Gasteiger partial charge in [-0.15, -0.1) is 0 Å². The fraction of sp³-hybridized carbons (Fsp3) is 0.250. The standard InChI is InChI=1S/C24H24N8O2/c1-13(2)32-23(14(3)29-22-17(10-25)21(26)27-12-28-22)30-18-7-5-6-16(20(18)24(32)34)15-8-9-19(33)31(4)11-15/h5-9,11-14H,1-4H3,(H3,26,27,28,29). The molecule has 0 aliphatic rings. The van der Waals surface area contributed by atoms with Crippen molar-refractivity contribution in [1.82, 2.24) is 24.1 Å². The Bertz CT molecular complexity index is 1560. The van der Waals surface area contributed by atoms with Crippen molar-refractivity contribution in [2.45, 2.75) is 32.9 Å². The Hall–Kier alpha value is -4.52. The van der Waals surface area contributed by atoms with Crippen LogP contribution in [-0.4, -0.2) is 24.1 Å². The molecule has 3 heterocycles. The third-order valence-electron chi connectivity index (χ3n) is 5.60. The second-order valence-electron chi connectivity index (χ2n) is 8.27. The molecule has 1 unspecified atom stereocenters. The molecular weight excluding hydrogens is 432 g/mol. The fourth-order valence-electron chi connectivity index (χ4n) is 3.95. The van der Waals surface area contributed by atoms with E-state index in [0.29, 0.717) is 22.3 Å². The zero-order valence-electron chi connectivity index (χ0n) is 19.3. The molecule has 1 atom stereocenters. The van der Waals surface area contributed by atoms with Gasteiger partial charge in [0.15, 0.2) is 0 Å². The van der Waals surface area contributed by atoms with Crippen LogP contribution in [0.5, 0.6) is 0 Å². The summed E-state index contributed by atoms with van der Waals surface area (Å²) in [5.74, 6) is 0.833. The summed E-state index contributed by atoms with van der Waals surface area (Å²) in [5, 5.41) is 13.1. The third-order valence-corrected chi connectivity index (χ3v) is 5.60. The first-order valence-corrected chi connectivity index (χ1v) is 10.7. The van der Waals surface area contributed by atoms with E-state index in [1.165, 1.54) is 17.0 Å². The van der Waals surface area contributed by atoms with Gasteiger partial charge in [-0.05, 0) is 44.0 Å². The Morgan fingerprint density at radius 3 is 2.56 bits per heavy atom. The van der Waals surface area contributed by atoms with E-state index in [1.54, 1.807) is 29.9 Å². The van der Waals surface area contributed by atoms with Crippen molar-refractivity contribution in [3.63, 3.8) is 0 Å². The molecule has 0 saturated carbocycles. The lowest BCUT2D eigenvalue weighted by molar-refractivity contribution is 0.525. The van der Waals surface area contributed by atoms with Crippen LogP contribution in [0.25, 0.3) is 22.0 Å². The highest BCUT2D eigenvalue weighted by Crippen LogP contribution is 2.28. The van der Waals surface area contributed by atoms with Gasteiger partial charge in [0.1, 0.15) is 35.4 Å². The Morgan fingerprint density at radius 2 is 1.88 bits per heavy atom. The van der Waals surface area contributed by atoms with Crippen LogP contribution >= 0.6 is 0 Å². The van der Waals surface area contributed by atoms with Crippen LogP contribution in [-0.2, 0) is 7.05 Å². The lowest BCUT2D eigenvalue weighted by Gasteiger charge is -2.23. The fourth-order valence-corrected chi connectivity index (χ4v) is 3.95. The lowest BCUT2D eigenvalue weighted by atomic mass is 10.0. The second-order valence-corrected chi connectivity index (χ2v) is 8.27. The number of hydrogen-bond donors (Lipinski definition) is 2. The van der Waals surface area contributed by atoms with Crippen molar-refractivity contribution in [3.05, 3.63) is 75.0 Å². The van der Waals surface area contributed by atoms with Crippen LogP contribution in [0.4, 0.5) is 11.6 Å². The second kappa shape index (κ2) is 8.78. The molecule has 4 rings (SSSR count). The van der Waals surface area contributed by atoms with E-state index in [4.69, 9.17) is 10.7 Å². The molecule has 4 aromatic rings. The van der Waals surface area contributed by atoms with Gasteiger partial charge in [0.2, 0.25) is 5.56 Å². The van der Waals surface area contributed by atoms with Gasteiger partial charge in [0.05, 0.1) is 16.9 Å². The van der Waals surface area contributed by atoms with Gasteiger partial charge in [0, 0.05) is 25.4 Å². The predicted molar refractivity (Wildman–Crippen MR) is 130 cm³/mol. The highest BCUT2D eigenvalue weighted by molar-refractivity contribution is 5.93. The molecule has 172 valence electrons. The van der Waals surface area contributed by atoms with Crippen molar-refractivity contribution in [2.75, 3.05) is 11.1 Å². The molecule has 34 heavy (non-hydrogen) atoms. The van der Waals surface area contributed by atoms with Crippen molar-refractivity contribution in [2.24, 2.45) is 7.05 Å². The number of nitrogens with two attached hydrogens (primary N) is 1. The molecule has 0 saturated heterocycles. The van der Waals surface area contributed by atoms with Crippen LogP contribution in [0.15, 0.2) is 52.4 Å². The molecule has 10 nitrogen and oxygen atoms in total. The van der Waals surface area contributed by atoms with E-state index < -0.39 is 6.04 Å². The molecule has 3 N–H and O–H groups in total. The van der Waals surface area contributed by atoms with Crippen molar-refractivity contribution >= 4 is 22.5 Å². The number of aromatic nitrogens is 5. The maximum atomic E-state index is 13.8. The number of nitrogens with zero attached hydrogens (tertiary/aromatic N) is 6. The Kier molecular flexibility index (Phi) is 5.86. The first kappa shape index (κ1) is 22.7. The largest absolute Gasteiger partial charge is 0.382 e. The molecule has 0 bridgehead atoms.